The van der Waals surface area contributed by atoms with E-state index in [2.05, 4.69) is 5.32 Å². The summed E-state index contributed by atoms with van der Waals surface area (Å²) in [5, 5.41) is 2.52. The number of benzene rings is 1. The van der Waals surface area contributed by atoms with Crippen LogP contribution in [0.15, 0.2) is 18.2 Å². The van der Waals surface area contributed by atoms with Crippen molar-refractivity contribution in [1.82, 2.24) is 0 Å². The summed E-state index contributed by atoms with van der Waals surface area (Å²) >= 11 is 0. The second kappa shape index (κ2) is 7.06. The van der Waals surface area contributed by atoms with E-state index in [1.807, 2.05) is 0 Å². The lowest BCUT2D eigenvalue weighted by Gasteiger charge is -2.21. The van der Waals surface area contributed by atoms with E-state index in [1.54, 1.807) is 33.8 Å². The van der Waals surface area contributed by atoms with Crippen LogP contribution in [0, 0.1) is 0 Å². The summed E-state index contributed by atoms with van der Waals surface area (Å²) in [6, 6.07) is 4.57. The molecule has 0 radical (unpaired) electrons. The first-order valence-electron chi connectivity index (χ1n) is 6.98. The summed E-state index contributed by atoms with van der Waals surface area (Å²) < 4.78 is 10.5. The number of ether oxygens (including phenoxy) is 2. The van der Waals surface area contributed by atoms with E-state index in [0.717, 1.165) is 0 Å². The Bertz CT molecular complexity index is 587. The maximum atomic E-state index is 12.3. The van der Waals surface area contributed by atoms with Gasteiger partial charge in [-0.25, -0.2) is 4.79 Å². The normalized spacial score (nSPS) is 10.8. The monoisotopic (exact) mass is 307 g/mol. The Morgan fingerprint density at radius 2 is 1.82 bits per heavy atom. The Morgan fingerprint density at radius 3 is 2.32 bits per heavy atom. The van der Waals surface area contributed by atoms with Gasteiger partial charge in [-0.2, -0.15) is 0 Å². The van der Waals surface area contributed by atoms with Gasteiger partial charge in [-0.05, 0) is 32.9 Å². The van der Waals surface area contributed by atoms with Gasteiger partial charge in [0, 0.05) is 13.3 Å². The molecule has 0 aromatic heterocycles. The zero-order valence-electron chi connectivity index (χ0n) is 13.5. The SMILES string of the molecule is CCC(=O)Oc1cccc(C(=O)OC(C)(C)C)c1NC(C)=O. The number of hydrogen-bond donors (Lipinski definition) is 1. The van der Waals surface area contributed by atoms with E-state index in [1.165, 1.54) is 19.1 Å². The number of anilines is 1. The summed E-state index contributed by atoms with van der Waals surface area (Å²) in [6.07, 6.45) is 0.177. The lowest BCUT2D eigenvalue weighted by molar-refractivity contribution is -0.134. The predicted octanol–water partition coefficient (Wildman–Crippen LogP) is 2.92. The molecule has 0 atom stereocenters. The summed E-state index contributed by atoms with van der Waals surface area (Å²) in [6.45, 7) is 8.17. The molecule has 0 aliphatic heterocycles. The zero-order chi connectivity index (χ0) is 16.9. The molecule has 0 aliphatic carbocycles. The third-order valence-corrected chi connectivity index (χ3v) is 2.46. The van der Waals surface area contributed by atoms with E-state index in [-0.39, 0.29) is 29.3 Å². The number of nitrogens with one attached hydrogen (secondary N) is 1. The van der Waals surface area contributed by atoms with Crippen molar-refractivity contribution < 1.29 is 23.9 Å². The third kappa shape index (κ3) is 5.20. The number of esters is 2. The first-order chi connectivity index (χ1) is 10.1. The van der Waals surface area contributed by atoms with Crippen LogP contribution in [-0.4, -0.2) is 23.4 Å². The van der Waals surface area contributed by atoms with Gasteiger partial charge in [0.2, 0.25) is 5.91 Å². The quantitative estimate of drug-likeness (QED) is 0.683. The Labute approximate surface area is 129 Å². The van der Waals surface area contributed by atoms with Gasteiger partial charge in [-0.1, -0.05) is 13.0 Å². The van der Waals surface area contributed by atoms with Crippen LogP contribution in [0.1, 0.15) is 51.4 Å². The highest BCUT2D eigenvalue weighted by molar-refractivity contribution is 6.03. The molecule has 0 unspecified atom stereocenters. The molecule has 0 saturated heterocycles. The molecule has 1 N–H and O–H groups in total. The lowest BCUT2D eigenvalue weighted by Crippen LogP contribution is -2.25. The molecule has 0 saturated carbocycles. The van der Waals surface area contributed by atoms with Gasteiger partial charge >= 0.3 is 11.9 Å². The van der Waals surface area contributed by atoms with Crippen molar-refractivity contribution in [3.63, 3.8) is 0 Å². The van der Waals surface area contributed by atoms with Gasteiger partial charge in [-0.15, -0.1) is 0 Å². The molecule has 0 spiro atoms. The third-order valence-electron chi connectivity index (χ3n) is 2.46. The smallest absolute Gasteiger partial charge is 0.340 e. The Hall–Kier alpha value is -2.37. The summed E-state index contributed by atoms with van der Waals surface area (Å²) in [4.78, 5) is 35.1. The average molecular weight is 307 g/mol. The van der Waals surface area contributed by atoms with Crippen LogP contribution in [0.3, 0.4) is 0 Å². The molecule has 1 rings (SSSR count). The molecule has 1 aromatic rings. The Balaban J connectivity index is 3.25. The first kappa shape index (κ1) is 17.7. The van der Waals surface area contributed by atoms with E-state index in [4.69, 9.17) is 9.47 Å². The molecule has 1 aromatic carbocycles. The van der Waals surface area contributed by atoms with Crippen LogP contribution in [-0.2, 0) is 14.3 Å². The standard InChI is InChI=1S/C16H21NO5/c1-6-13(19)21-12-9-7-8-11(14(12)17-10(2)18)15(20)22-16(3,4)5/h7-9H,6H2,1-5H3,(H,17,18). The van der Waals surface area contributed by atoms with Crippen molar-refractivity contribution in [1.29, 1.82) is 0 Å². The fraction of sp³-hybridized carbons (Fsp3) is 0.438. The topological polar surface area (TPSA) is 81.7 Å². The molecule has 0 fully saturated rings. The van der Waals surface area contributed by atoms with E-state index < -0.39 is 17.5 Å². The second-order valence-corrected chi connectivity index (χ2v) is 5.69. The molecule has 0 bridgehead atoms. The number of para-hydroxylation sites is 1. The van der Waals surface area contributed by atoms with Crippen LogP contribution >= 0.6 is 0 Å². The number of carbonyl (C=O) groups excluding carboxylic acids is 3. The Morgan fingerprint density at radius 1 is 1.18 bits per heavy atom. The molecular weight excluding hydrogens is 286 g/mol. The Kier molecular flexibility index (Phi) is 5.68. The fourth-order valence-electron chi connectivity index (χ4n) is 1.62. The second-order valence-electron chi connectivity index (χ2n) is 5.69. The summed E-state index contributed by atoms with van der Waals surface area (Å²) in [7, 11) is 0. The predicted molar refractivity (Wildman–Crippen MR) is 81.8 cm³/mol. The number of carbonyl (C=O) groups is 3. The average Bonchev–Trinajstić information content (AvgIpc) is 2.37. The summed E-state index contributed by atoms with van der Waals surface area (Å²) in [5.74, 6) is -1.34. The van der Waals surface area contributed by atoms with E-state index >= 15 is 0 Å². The van der Waals surface area contributed by atoms with Crippen molar-refractivity contribution in [2.75, 3.05) is 5.32 Å². The molecule has 0 aliphatic rings. The zero-order valence-corrected chi connectivity index (χ0v) is 13.5. The van der Waals surface area contributed by atoms with Crippen molar-refractivity contribution in [2.24, 2.45) is 0 Å². The minimum atomic E-state index is -0.680. The van der Waals surface area contributed by atoms with Crippen molar-refractivity contribution >= 4 is 23.5 Å². The maximum Gasteiger partial charge on any atom is 0.340 e. The van der Waals surface area contributed by atoms with Gasteiger partial charge in [0.1, 0.15) is 5.60 Å². The number of amides is 1. The van der Waals surface area contributed by atoms with Crippen LogP contribution in [0.5, 0.6) is 5.75 Å². The number of hydrogen-bond acceptors (Lipinski definition) is 5. The van der Waals surface area contributed by atoms with Gasteiger partial charge in [0.25, 0.3) is 0 Å². The molecule has 120 valence electrons. The molecule has 22 heavy (non-hydrogen) atoms. The van der Waals surface area contributed by atoms with Crippen LogP contribution < -0.4 is 10.1 Å². The number of rotatable bonds is 4. The molecule has 6 nitrogen and oxygen atoms in total. The lowest BCUT2D eigenvalue weighted by atomic mass is 10.1. The van der Waals surface area contributed by atoms with Gasteiger partial charge in [0.15, 0.2) is 5.75 Å². The van der Waals surface area contributed by atoms with Crippen molar-refractivity contribution in [3.05, 3.63) is 23.8 Å². The van der Waals surface area contributed by atoms with Crippen LogP contribution in [0.4, 0.5) is 5.69 Å². The van der Waals surface area contributed by atoms with Gasteiger partial charge in [0.05, 0.1) is 11.3 Å². The molecule has 6 heteroatoms. The van der Waals surface area contributed by atoms with Crippen LogP contribution in [0.2, 0.25) is 0 Å². The largest absolute Gasteiger partial charge is 0.456 e. The fourth-order valence-corrected chi connectivity index (χ4v) is 1.62. The van der Waals surface area contributed by atoms with Gasteiger partial charge in [-0.3, -0.25) is 9.59 Å². The van der Waals surface area contributed by atoms with Crippen LogP contribution in [0.25, 0.3) is 0 Å². The first-order valence-corrected chi connectivity index (χ1v) is 6.98. The van der Waals surface area contributed by atoms with Gasteiger partial charge < -0.3 is 14.8 Å². The van der Waals surface area contributed by atoms with E-state index in [0.29, 0.717) is 0 Å². The minimum absolute atomic E-state index is 0.116. The minimum Gasteiger partial charge on any atom is -0.456 e. The molecule has 0 heterocycles. The van der Waals surface area contributed by atoms with Crippen molar-refractivity contribution in [3.8, 4) is 5.75 Å². The highest BCUT2D eigenvalue weighted by atomic mass is 16.6. The highest BCUT2D eigenvalue weighted by Gasteiger charge is 2.23. The molecule has 1 amide bonds. The highest BCUT2D eigenvalue weighted by Crippen LogP contribution is 2.30. The van der Waals surface area contributed by atoms with E-state index in [9.17, 15) is 14.4 Å². The van der Waals surface area contributed by atoms with Crippen molar-refractivity contribution in [2.45, 2.75) is 46.6 Å². The molecular formula is C16H21NO5. The maximum absolute atomic E-state index is 12.3. The summed E-state index contributed by atoms with van der Waals surface area (Å²) in [5.41, 5.74) is -0.418.